The van der Waals surface area contributed by atoms with Gasteiger partial charge in [-0.3, -0.25) is 0 Å². The van der Waals surface area contributed by atoms with Gasteiger partial charge in [-0.25, -0.2) is 4.98 Å². The predicted octanol–water partition coefficient (Wildman–Crippen LogP) is 4.40. The summed E-state index contributed by atoms with van der Waals surface area (Å²) in [6.45, 7) is 0.579. The lowest BCUT2D eigenvalue weighted by Gasteiger charge is -2.15. The molecule has 0 aliphatic heterocycles. The van der Waals surface area contributed by atoms with E-state index in [9.17, 15) is 0 Å². The maximum atomic E-state index is 5.87. The zero-order valence-electron chi connectivity index (χ0n) is 9.51. The molecule has 0 amide bonds. The molecule has 94 valence electrons. The number of pyridine rings is 1. The minimum absolute atomic E-state index is 0.212. The summed E-state index contributed by atoms with van der Waals surface area (Å²) < 4.78 is 2.08. The fourth-order valence-electron chi connectivity index (χ4n) is 1.52. The zero-order valence-corrected chi connectivity index (χ0v) is 13.5. The van der Waals surface area contributed by atoms with Crippen LogP contribution in [-0.4, -0.2) is 11.5 Å². The normalized spacial score (nSPS) is 12.4. The van der Waals surface area contributed by atoms with Gasteiger partial charge < -0.3 is 5.73 Å². The minimum Gasteiger partial charge on any atom is -0.329 e. The zero-order chi connectivity index (χ0) is 13.0. The van der Waals surface area contributed by atoms with Crippen LogP contribution in [0.1, 0.15) is 10.8 Å². The average molecular weight is 388 g/mol. The van der Waals surface area contributed by atoms with E-state index >= 15 is 0 Å². The highest BCUT2D eigenvalue weighted by molar-refractivity contribution is 9.10. The Bertz CT molecular complexity index is 517. The second kappa shape index (κ2) is 6.70. The van der Waals surface area contributed by atoms with Gasteiger partial charge in [0.1, 0.15) is 5.03 Å². The summed E-state index contributed by atoms with van der Waals surface area (Å²) in [7, 11) is 0. The molecule has 2 aromatic rings. The Hall–Kier alpha value is -0.360. The third-order valence-corrected chi connectivity index (χ3v) is 5.16. The highest BCUT2D eigenvalue weighted by Crippen LogP contribution is 2.36. The largest absolute Gasteiger partial charge is 0.329 e. The van der Waals surface area contributed by atoms with E-state index in [1.807, 2.05) is 24.3 Å². The van der Waals surface area contributed by atoms with Gasteiger partial charge in [-0.1, -0.05) is 39.8 Å². The first-order valence-electron chi connectivity index (χ1n) is 5.43. The lowest BCUT2D eigenvalue weighted by Crippen LogP contribution is -2.09. The van der Waals surface area contributed by atoms with Crippen LogP contribution in [-0.2, 0) is 0 Å². The van der Waals surface area contributed by atoms with E-state index in [1.54, 1.807) is 18.0 Å². The highest BCUT2D eigenvalue weighted by atomic mass is 79.9. The number of thioether (sulfide) groups is 1. The van der Waals surface area contributed by atoms with Crippen LogP contribution in [0.15, 0.2) is 56.6 Å². The molecule has 0 bridgehead atoms. The fourth-order valence-corrected chi connectivity index (χ4v) is 3.28. The van der Waals surface area contributed by atoms with Crippen molar-refractivity contribution < 1.29 is 0 Å². The summed E-state index contributed by atoms with van der Waals surface area (Å²) in [5.41, 5.74) is 7.08. The molecule has 0 radical (unpaired) electrons. The van der Waals surface area contributed by atoms with Crippen molar-refractivity contribution in [3.05, 3.63) is 57.1 Å². The predicted molar refractivity (Wildman–Crippen MR) is 83.7 cm³/mol. The van der Waals surface area contributed by atoms with Crippen molar-refractivity contribution in [1.82, 2.24) is 4.98 Å². The molecule has 18 heavy (non-hydrogen) atoms. The molecular weight excluding hydrogens is 376 g/mol. The van der Waals surface area contributed by atoms with Gasteiger partial charge in [-0.05, 0) is 45.8 Å². The third-order valence-electron chi connectivity index (χ3n) is 2.43. The van der Waals surface area contributed by atoms with Gasteiger partial charge in [0.05, 0.1) is 0 Å². The molecule has 2 N–H and O–H groups in total. The van der Waals surface area contributed by atoms with Crippen molar-refractivity contribution in [3.8, 4) is 0 Å². The van der Waals surface area contributed by atoms with Crippen molar-refractivity contribution in [2.24, 2.45) is 5.73 Å². The van der Waals surface area contributed by atoms with Crippen molar-refractivity contribution >= 4 is 43.6 Å². The summed E-state index contributed by atoms with van der Waals surface area (Å²) in [5.74, 6) is 0. The molecule has 2 nitrogen and oxygen atoms in total. The van der Waals surface area contributed by atoms with E-state index in [2.05, 4.69) is 49.0 Å². The van der Waals surface area contributed by atoms with Gasteiger partial charge >= 0.3 is 0 Å². The number of halogens is 2. The van der Waals surface area contributed by atoms with E-state index in [0.717, 1.165) is 14.0 Å². The standard InChI is InChI=1S/C13H12Br2N2S/c14-10-5-3-9(4-6-10)12(8-16)18-13-11(15)2-1-7-17-13/h1-7,12H,8,16H2. The molecule has 0 saturated carbocycles. The van der Waals surface area contributed by atoms with Crippen LogP contribution in [0, 0.1) is 0 Å². The monoisotopic (exact) mass is 386 g/mol. The lowest BCUT2D eigenvalue weighted by molar-refractivity contribution is 0.933. The second-order valence-corrected chi connectivity index (χ2v) is 6.65. The average Bonchev–Trinajstić information content (AvgIpc) is 2.39. The lowest BCUT2D eigenvalue weighted by atomic mass is 10.1. The van der Waals surface area contributed by atoms with Crippen LogP contribution in [0.25, 0.3) is 0 Å². The Morgan fingerprint density at radius 2 is 1.89 bits per heavy atom. The number of hydrogen-bond acceptors (Lipinski definition) is 3. The molecule has 1 unspecified atom stereocenters. The Labute approximate surface area is 128 Å². The van der Waals surface area contributed by atoms with Crippen LogP contribution in [0.3, 0.4) is 0 Å². The molecule has 5 heteroatoms. The Morgan fingerprint density at radius 1 is 1.17 bits per heavy atom. The van der Waals surface area contributed by atoms with Crippen molar-refractivity contribution in [1.29, 1.82) is 0 Å². The van der Waals surface area contributed by atoms with Crippen molar-refractivity contribution in [2.45, 2.75) is 10.3 Å². The first kappa shape index (κ1) is 14.1. The molecule has 1 aromatic carbocycles. The maximum absolute atomic E-state index is 5.87. The summed E-state index contributed by atoms with van der Waals surface area (Å²) in [6.07, 6.45) is 1.79. The smallest absolute Gasteiger partial charge is 0.111 e. The molecule has 0 saturated heterocycles. The van der Waals surface area contributed by atoms with Crippen molar-refractivity contribution in [3.63, 3.8) is 0 Å². The molecule has 1 aromatic heterocycles. The highest BCUT2D eigenvalue weighted by Gasteiger charge is 2.13. The number of nitrogens with zero attached hydrogens (tertiary/aromatic N) is 1. The van der Waals surface area contributed by atoms with Gasteiger partial charge in [0.15, 0.2) is 0 Å². The van der Waals surface area contributed by atoms with Gasteiger partial charge in [0.25, 0.3) is 0 Å². The van der Waals surface area contributed by atoms with Crippen LogP contribution in [0.4, 0.5) is 0 Å². The third kappa shape index (κ3) is 3.57. The van der Waals surface area contributed by atoms with E-state index in [0.29, 0.717) is 6.54 Å². The molecule has 0 spiro atoms. The second-order valence-electron chi connectivity index (χ2n) is 3.68. The van der Waals surface area contributed by atoms with Crippen LogP contribution in [0.2, 0.25) is 0 Å². The summed E-state index contributed by atoms with van der Waals surface area (Å²) >= 11 is 8.62. The molecule has 0 aliphatic rings. The van der Waals surface area contributed by atoms with E-state index < -0.39 is 0 Å². The molecule has 1 atom stereocenters. The number of rotatable bonds is 4. The number of nitrogens with two attached hydrogens (primary N) is 1. The number of hydrogen-bond donors (Lipinski definition) is 1. The van der Waals surface area contributed by atoms with Crippen LogP contribution in [0.5, 0.6) is 0 Å². The number of aromatic nitrogens is 1. The van der Waals surface area contributed by atoms with Crippen molar-refractivity contribution in [2.75, 3.05) is 6.54 Å². The van der Waals surface area contributed by atoms with E-state index in [-0.39, 0.29) is 5.25 Å². The number of benzene rings is 1. The van der Waals surface area contributed by atoms with Crippen LogP contribution >= 0.6 is 43.6 Å². The van der Waals surface area contributed by atoms with E-state index in [4.69, 9.17) is 5.73 Å². The quantitative estimate of drug-likeness (QED) is 0.790. The minimum atomic E-state index is 0.212. The Morgan fingerprint density at radius 3 is 2.50 bits per heavy atom. The van der Waals surface area contributed by atoms with Crippen LogP contribution < -0.4 is 5.73 Å². The first-order valence-corrected chi connectivity index (χ1v) is 7.90. The Balaban J connectivity index is 2.20. The summed E-state index contributed by atoms with van der Waals surface area (Å²) in [6, 6.07) is 12.1. The van der Waals surface area contributed by atoms with Gasteiger partial charge in [0, 0.05) is 26.9 Å². The molecule has 0 aliphatic carbocycles. The molecule has 0 fully saturated rings. The molecular formula is C13H12Br2N2S. The Kier molecular flexibility index (Phi) is 5.24. The van der Waals surface area contributed by atoms with Gasteiger partial charge in [-0.15, -0.1) is 0 Å². The summed E-state index contributed by atoms with van der Waals surface area (Å²) in [5, 5.41) is 1.18. The summed E-state index contributed by atoms with van der Waals surface area (Å²) in [4.78, 5) is 4.36. The topological polar surface area (TPSA) is 38.9 Å². The SMILES string of the molecule is NCC(Sc1ncccc1Br)c1ccc(Br)cc1. The molecule has 1 heterocycles. The first-order chi connectivity index (χ1) is 8.70. The van der Waals surface area contributed by atoms with E-state index in [1.165, 1.54) is 5.56 Å². The molecule has 2 rings (SSSR count). The maximum Gasteiger partial charge on any atom is 0.111 e. The van der Waals surface area contributed by atoms with Gasteiger partial charge in [0.2, 0.25) is 0 Å². The van der Waals surface area contributed by atoms with Gasteiger partial charge in [-0.2, -0.15) is 0 Å². The fraction of sp³-hybridized carbons (Fsp3) is 0.154.